The summed E-state index contributed by atoms with van der Waals surface area (Å²) >= 11 is 6.31. The van der Waals surface area contributed by atoms with Crippen molar-refractivity contribution in [3.05, 3.63) is 46.5 Å². The number of carbonyl (C=O) groups excluding carboxylic acids is 4. The molecule has 3 N–H and O–H groups in total. The number of nitrogens with one attached hydrogen (secondary N) is 2. The molecule has 0 unspecified atom stereocenters. The van der Waals surface area contributed by atoms with E-state index in [1.54, 1.807) is 45.1 Å². The molecule has 1 aliphatic carbocycles. The predicted molar refractivity (Wildman–Crippen MR) is 160 cm³/mol. The summed E-state index contributed by atoms with van der Waals surface area (Å²) in [7, 11) is 0. The van der Waals surface area contributed by atoms with Crippen molar-refractivity contribution in [2.24, 2.45) is 5.92 Å². The molecule has 1 aromatic carbocycles. The molecule has 5 atom stereocenters. The summed E-state index contributed by atoms with van der Waals surface area (Å²) in [5.41, 5.74) is -0.605. The molecule has 0 radical (unpaired) electrons. The lowest BCUT2D eigenvalue weighted by Crippen LogP contribution is -2.56. The zero-order valence-corrected chi connectivity index (χ0v) is 26.3. The van der Waals surface area contributed by atoms with E-state index in [9.17, 15) is 29.1 Å². The number of benzene rings is 1. The van der Waals surface area contributed by atoms with Gasteiger partial charge in [-0.2, -0.15) is 0 Å². The topological polar surface area (TPSA) is 164 Å². The number of aliphatic carboxylic acids is 1. The minimum Gasteiger partial charge on any atom is -0.479 e. The zero-order chi connectivity index (χ0) is 32.5. The fraction of sp³-hybridized carbons (Fsp3) is 0.581. The van der Waals surface area contributed by atoms with Gasteiger partial charge in [0, 0.05) is 30.5 Å². The minimum atomic E-state index is -1.52. The Kier molecular flexibility index (Phi) is 9.31. The van der Waals surface area contributed by atoms with Gasteiger partial charge in [-0.1, -0.05) is 35.9 Å². The maximum absolute atomic E-state index is 14.0. The van der Waals surface area contributed by atoms with Crippen LogP contribution in [0, 0.1) is 5.92 Å². The van der Waals surface area contributed by atoms with Crippen molar-refractivity contribution in [1.29, 1.82) is 0 Å². The van der Waals surface area contributed by atoms with Gasteiger partial charge in [0.2, 0.25) is 11.8 Å². The molecule has 4 amide bonds. The Hall–Kier alpha value is -3.84. The van der Waals surface area contributed by atoms with Crippen LogP contribution in [0.15, 0.2) is 30.4 Å². The second kappa shape index (κ2) is 12.9. The average Bonchev–Trinajstić information content (AvgIpc) is 3.27. The summed E-state index contributed by atoms with van der Waals surface area (Å²) in [6.45, 7) is 6.03. The van der Waals surface area contributed by atoms with Crippen molar-refractivity contribution in [3.63, 3.8) is 0 Å². The molecule has 14 heteroatoms. The third-order valence-corrected chi connectivity index (χ3v) is 8.75. The summed E-state index contributed by atoms with van der Waals surface area (Å²) in [6, 6.07) is 3.21. The maximum atomic E-state index is 14.0. The first-order chi connectivity index (χ1) is 21.3. The Labute approximate surface area is 266 Å². The van der Waals surface area contributed by atoms with Crippen LogP contribution < -0.4 is 10.6 Å². The van der Waals surface area contributed by atoms with E-state index in [1.807, 2.05) is 6.07 Å². The van der Waals surface area contributed by atoms with Crippen molar-refractivity contribution in [2.45, 2.75) is 88.9 Å². The second-order valence-corrected chi connectivity index (χ2v) is 13.3. The van der Waals surface area contributed by atoms with Gasteiger partial charge >= 0.3 is 18.2 Å². The lowest BCUT2D eigenvalue weighted by Gasteiger charge is -2.30. The minimum absolute atomic E-state index is 0.0523. The number of ether oxygens (including phenoxy) is 3. The Morgan fingerprint density at radius 2 is 1.98 bits per heavy atom. The van der Waals surface area contributed by atoms with Crippen LogP contribution in [0.1, 0.15) is 57.6 Å². The van der Waals surface area contributed by atoms with Crippen LogP contribution in [0.5, 0.6) is 0 Å². The number of nitrogens with zero attached hydrogens (tertiary/aromatic N) is 2. The van der Waals surface area contributed by atoms with Crippen molar-refractivity contribution in [1.82, 2.24) is 20.4 Å². The van der Waals surface area contributed by atoms with Crippen LogP contribution in [0.25, 0.3) is 0 Å². The van der Waals surface area contributed by atoms with Gasteiger partial charge < -0.3 is 34.9 Å². The van der Waals surface area contributed by atoms with Gasteiger partial charge in [-0.15, -0.1) is 0 Å². The summed E-state index contributed by atoms with van der Waals surface area (Å²) in [5.74, 6) is -2.89. The average molecular weight is 647 g/mol. The first kappa shape index (κ1) is 32.6. The van der Waals surface area contributed by atoms with Gasteiger partial charge in [-0.05, 0) is 57.2 Å². The molecular formula is C31H39ClN4O9. The number of halogens is 1. The molecule has 244 valence electrons. The highest BCUT2D eigenvalue weighted by Gasteiger charge is 2.61. The van der Waals surface area contributed by atoms with Gasteiger partial charge in [0.15, 0.2) is 0 Å². The highest BCUT2D eigenvalue weighted by Crippen LogP contribution is 2.45. The number of fused-ring (bicyclic) bond motifs is 3. The van der Waals surface area contributed by atoms with Crippen molar-refractivity contribution in [3.8, 4) is 0 Å². The van der Waals surface area contributed by atoms with Gasteiger partial charge in [0.05, 0.1) is 19.7 Å². The lowest BCUT2D eigenvalue weighted by atomic mass is 10.1. The first-order valence-corrected chi connectivity index (χ1v) is 15.5. The molecule has 0 aromatic heterocycles. The van der Waals surface area contributed by atoms with Crippen LogP contribution in [-0.4, -0.2) is 94.0 Å². The number of carboxylic acid groups (broad SMARTS) is 1. The smallest absolute Gasteiger partial charge is 0.410 e. The number of hydrogen-bond donors (Lipinski definition) is 3. The van der Waals surface area contributed by atoms with Crippen molar-refractivity contribution >= 4 is 41.6 Å². The largest absolute Gasteiger partial charge is 0.479 e. The Morgan fingerprint density at radius 3 is 2.69 bits per heavy atom. The SMILES string of the molecule is CC(C)(C)OC(=O)N[C@H]1CCCOC/C=C\[C@H]2C[C@@]2(C(=O)O)NC(=O)[C@@H]2C[C@@H](OC(=O)N3Cc4cccc(Cl)c4C3)CN2C1=O. The second-order valence-electron chi connectivity index (χ2n) is 12.9. The standard InChI is InChI=1S/C31H39ClN4O9/c1-30(2,3)45-28(41)33-23-10-6-12-43-11-5-8-19-14-31(19,27(39)40)34-25(37)24-13-20(16-36(24)26(23)38)44-29(42)35-15-18-7-4-9-22(32)21(18)17-35/h4-5,7-9,19-20,23-24H,6,10-17H2,1-3H3,(H,33,41)(H,34,37)(H,39,40)/b8-5-/t19-,20+,23-,24-,31+/m0/s1. The predicted octanol–water partition coefficient (Wildman–Crippen LogP) is 2.98. The fourth-order valence-electron chi connectivity index (χ4n) is 6.04. The van der Waals surface area contributed by atoms with E-state index in [4.69, 9.17) is 25.8 Å². The van der Waals surface area contributed by atoms with Crippen LogP contribution >= 0.6 is 11.6 Å². The van der Waals surface area contributed by atoms with E-state index in [-0.39, 0.29) is 45.6 Å². The van der Waals surface area contributed by atoms with Crippen LogP contribution in [0.2, 0.25) is 5.02 Å². The van der Waals surface area contributed by atoms with E-state index < -0.39 is 65.2 Å². The molecule has 13 nitrogen and oxygen atoms in total. The van der Waals surface area contributed by atoms with Gasteiger partial charge in [-0.25, -0.2) is 14.4 Å². The molecule has 1 saturated heterocycles. The molecule has 1 aromatic rings. The molecule has 0 bridgehead atoms. The van der Waals surface area contributed by atoms with Crippen LogP contribution in [0.3, 0.4) is 0 Å². The van der Waals surface area contributed by atoms with Gasteiger partial charge in [0.25, 0.3) is 0 Å². The number of alkyl carbamates (subject to hydrolysis) is 1. The van der Waals surface area contributed by atoms with Gasteiger partial charge in [0.1, 0.15) is 29.3 Å². The number of carbonyl (C=O) groups is 5. The molecule has 3 aliphatic heterocycles. The Bertz CT molecular complexity index is 1400. The van der Waals surface area contributed by atoms with E-state index in [1.165, 1.54) is 9.80 Å². The molecule has 5 rings (SSSR count). The highest BCUT2D eigenvalue weighted by atomic mass is 35.5. The normalized spacial score (nSPS) is 29.2. The summed E-state index contributed by atoms with van der Waals surface area (Å²) in [5, 5.41) is 15.8. The van der Waals surface area contributed by atoms with E-state index in [0.29, 0.717) is 18.0 Å². The van der Waals surface area contributed by atoms with Crippen molar-refractivity contribution < 1.29 is 43.3 Å². The number of carboxylic acids is 1. The third-order valence-electron chi connectivity index (χ3n) is 8.40. The Balaban J connectivity index is 1.37. The van der Waals surface area contributed by atoms with Crippen molar-refractivity contribution in [2.75, 3.05) is 19.8 Å². The number of amides is 4. The molecular weight excluding hydrogens is 608 g/mol. The Morgan fingerprint density at radius 1 is 1.20 bits per heavy atom. The molecule has 4 aliphatic rings. The third kappa shape index (κ3) is 7.36. The molecule has 2 fully saturated rings. The molecule has 1 saturated carbocycles. The quantitative estimate of drug-likeness (QED) is 0.419. The molecule has 0 spiro atoms. The van der Waals surface area contributed by atoms with Crippen LogP contribution in [-0.2, 0) is 41.7 Å². The zero-order valence-electron chi connectivity index (χ0n) is 25.5. The van der Waals surface area contributed by atoms with Crippen LogP contribution in [0.4, 0.5) is 9.59 Å². The highest BCUT2D eigenvalue weighted by molar-refractivity contribution is 6.31. The lowest BCUT2D eigenvalue weighted by molar-refractivity contribution is -0.145. The monoisotopic (exact) mass is 646 g/mol. The van der Waals surface area contributed by atoms with E-state index in [2.05, 4.69) is 10.6 Å². The fourth-order valence-corrected chi connectivity index (χ4v) is 6.29. The molecule has 45 heavy (non-hydrogen) atoms. The van der Waals surface area contributed by atoms with E-state index >= 15 is 0 Å². The maximum Gasteiger partial charge on any atom is 0.410 e. The molecule has 3 heterocycles. The number of hydrogen-bond acceptors (Lipinski definition) is 8. The number of rotatable bonds is 3. The van der Waals surface area contributed by atoms with E-state index in [0.717, 1.165) is 11.1 Å². The summed E-state index contributed by atoms with van der Waals surface area (Å²) in [6.07, 6.45) is 1.86. The van der Waals surface area contributed by atoms with Gasteiger partial charge in [-0.3, -0.25) is 14.5 Å². The first-order valence-electron chi connectivity index (χ1n) is 15.1. The summed E-state index contributed by atoms with van der Waals surface area (Å²) < 4.78 is 16.8. The summed E-state index contributed by atoms with van der Waals surface area (Å²) in [4.78, 5) is 68.7.